The SMILES string of the molecule is Oc1cccc(-c2cccc(O)n2)n1.Oc1cccc(-c2cccc(O)n2)n1.Oc1cccc(-c2cccc(O)n2)n1.[2H][B][PH+](Br)Br.[2H][B][PH+](Cl)Cl.[2H][B][PH+](Cl)Cl.[Br][Ni][Br].[Cl][Co][Cl].[Cl][Pd][Cl].[Co].[Ni].[Pd]. The molecule has 0 aliphatic heterocycles. The molecule has 0 aliphatic carbocycles. The van der Waals surface area contributed by atoms with Crippen molar-refractivity contribution in [1.29, 1.82) is 4.01 Å². The Bertz CT molecular complexity index is 1820. The Balaban J connectivity index is -0.000000173. The van der Waals surface area contributed by atoms with Gasteiger partial charge < -0.3 is 30.6 Å². The summed E-state index contributed by atoms with van der Waals surface area (Å²) >= 11 is 32.9. The van der Waals surface area contributed by atoms with Gasteiger partial charge >= 0.3 is 130 Å². The van der Waals surface area contributed by atoms with Crippen LogP contribution in [0.3, 0.4) is 0 Å². The molecule has 0 spiro atoms. The number of rotatable bonds is 6. The van der Waals surface area contributed by atoms with Crippen LogP contribution in [0.1, 0.15) is 0 Å². The topological polar surface area (TPSA) is 199 Å². The summed E-state index contributed by atoms with van der Waals surface area (Å²) < 4.78 is 19.1. The van der Waals surface area contributed by atoms with Crippen molar-refractivity contribution in [2.24, 2.45) is 0 Å². The fraction of sp³-hybridized carbons (Fsp3) is 0. The summed E-state index contributed by atoms with van der Waals surface area (Å²) in [5.74, 6) is -0.374. The fourth-order valence-electron chi connectivity index (χ4n) is 3.40. The van der Waals surface area contributed by atoms with E-state index in [4.69, 9.17) is 119 Å². The summed E-state index contributed by atoms with van der Waals surface area (Å²) in [7, 11) is 23.8. The molecule has 0 amide bonds. The zero-order chi connectivity index (χ0) is 50.9. The predicted molar refractivity (Wildman–Crippen MR) is 281 cm³/mol. The van der Waals surface area contributed by atoms with Crippen LogP contribution in [-0.2, 0) is 93.4 Å². The minimum atomic E-state index is -1.39. The molecular weight excluding hydrogens is 1720 g/mol. The van der Waals surface area contributed by atoms with E-state index in [0.717, 1.165) is 15.1 Å². The third-order valence-electron chi connectivity index (χ3n) is 5.19. The molecule has 0 aliphatic rings. The van der Waals surface area contributed by atoms with Crippen LogP contribution >= 0.6 is 162 Å². The summed E-state index contributed by atoms with van der Waals surface area (Å²) in [6.07, 6.45) is 0. The third-order valence-corrected chi connectivity index (χ3v) is 5.19. The molecule has 0 saturated carbocycles. The molecule has 0 aromatic carbocycles. The van der Waals surface area contributed by atoms with Gasteiger partial charge in [-0.2, -0.15) is 0 Å². The second-order valence-electron chi connectivity index (χ2n) is 9.29. The molecular formula is C30H30B3Br4Cl8Co2N6Ni2O6P3Pd2+3. The summed E-state index contributed by atoms with van der Waals surface area (Å²) in [6.45, 7) is -2.78. The minimum absolute atomic E-state index is 0. The van der Waals surface area contributed by atoms with Gasteiger partial charge in [0.1, 0.15) is 44.0 Å². The van der Waals surface area contributed by atoms with Gasteiger partial charge in [0.2, 0.25) is 35.3 Å². The Morgan fingerprint density at radius 1 is 0.500 bits per heavy atom. The maximum Gasteiger partial charge on any atom is 0 e. The normalized spacial score (nSPS) is 9.41. The zero-order valence-corrected chi connectivity index (χ0v) is 54.0. The first-order chi connectivity index (χ1) is 31.3. The number of hydrogen-bond acceptors (Lipinski definition) is 12. The molecule has 6 aromatic heterocycles. The maximum absolute atomic E-state index is 9.14. The van der Waals surface area contributed by atoms with Gasteiger partial charge in [-0.3, -0.25) is 0 Å². The molecule has 12 nitrogen and oxygen atoms in total. The largest absolute Gasteiger partial charge is 0 e. The predicted octanol–water partition coefficient (Wildman–Crippen LogP) is 13.4. The monoisotopic (exact) mass is 1740 g/mol. The molecule has 0 fully saturated rings. The van der Waals surface area contributed by atoms with E-state index < -0.39 is 18.2 Å². The number of halogens is 12. The Morgan fingerprint density at radius 2 is 0.621 bits per heavy atom. The van der Waals surface area contributed by atoms with Crippen LogP contribution in [0, 0.1) is 0 Å². The van der Waals surface area contributed by atoms with Gasteiger partial charge in [-0.05, 0) is 36.4 Å². The van der Waals surface area contributed by atoms with Crippen LogP contribution in [0.15, 0.2) is 109 Å². The van der Waals surface area contributed by atoms with Gasteiger partial charge in [-0.1, -0.05) is 36.4 Å². The van der Waals surface area contributed by atoms with Gasteiger partial charge in [0.25, 0.3) is 0 Å². The first-order valence-electron chi connectivity index (χ1n) is 16.7. The Hall–Kier alpha value is 2.75. The first-order valence-corrected chi connectivity index (χ1v) is 40.0. The van der Waals surface area contributed by atoms with Crippen LogP contribution in [0.2, 0.25) is 0 Å². The van der Waals surface area contributed by atoms with Crippen molar-refractivity contribution < 1.29 is 124 Å². The molecule has 6 N–H and O–H groups in total. The van der Waals surface area contributed by atoms with E-state index in [1.165, 1.54) is 54.8 Å². The van der Waals surface area contributed by atoms with E-state index in [1.807, 2.05) is 0 Å². The quantitative estimate of drug-likeness (QED) is 0.0682. The molecule has 379 valence electrons. The summed E-state index contributed by atoms with van der Waals surface area (Å²) in [6, 6.07) is 29.1. The molecule has 66 heavy (non-hydrogen) atoms. The van der Waals surface area contributed by atoms with E-state index >= 15 is 0 Å². The number of nitrogens with zero attached hydrogens (tertiary/aromatic N) is 6. The molecule has 0 atom stereocenters. The summed E-state index contributed by atoms with van der Waals surface area (Å²) in [5.41, 5.74) is 3.17. The zero-order valence-electron chi connectivity index (χ0n) is 34.5. The van der Waals surface area contributed by atoms with Crippen LogP contribution in [-0.4, -0.2) is 87.1 Å². The van der Waals surface area contributed by atoms with Gasteiger partial charge in [0.15, 0.2) is 0 Å². The minimum Gasteiger partial charge on any atom is 0 e. The first kappa shape index (κ1) is 73.0. The van der Waals surface area contributed by atoms with E-state index in [-0.39, 0.29) is 105 Å². The molecule has 6 heterocycles. The van der Waals surface area contributed by atoms with Crippen LogP contribution in [0.4, 0.5) is 0 Å². The van der Waals surface area contributed by atoms with Crippen molar-refractivity contribution in [2.75, 3.05) is 0 Å². The molecule has 4 radical (unpaired) electrons. The van der Waals surface area contributed by atoms with Gasteiger partial charge in [0, 0.05) is 94.1 Å². The number of hydrogen-bond donors (Lipinski definition) is 6. The van der Waals surface area contributed by atoms with Gasteiger partial charge in [-0.15, -0.1) is 0 Å². The van der Waals surface area contributed by atoms with Gasteiger partial charge in [-0.25, -0.2) is 29.9 Å². The van der Waals surface area contributed by atoms with Gasteiger partial charge in [0.05, 0.1) is 84.3 Å². The van der Waals surface area contributed by atoms with E-state index in [9.17, 15) is 0 Å². The fourth-order valence-corrected chi connectivity index (χ4v) is 3.40. The number of pyridine rings is 6. The summed E-state index contributed by atoms with van der Waals surface area (Å²) in [4.78, 5) is 23.2. The smallest absolute Gasteiger partial charge is 0 e. The van der Waals surface area contributed by atoms with Crippen LogP contribution in [0.5, 0.6) is 35.3 Å². The molecule has 6 aromatic rings. The van der Waals surface area contributed by atoms with Crippen molar-refractivity contribution >= 4 is 185 Å². The standard InChI is InChI=1S/3C10H8N2O2.BBr2H2P.2BCl2H2P.2BrH.4ClH.2Co.2Ni.2Pd/c3*13-9-5-1-3-7(11-9)8-4-2-6-10(14)12-8;3*1-4(2)3;;;;;;;;;;;;/h3*1-6H,(H,11,13)(H,12,14);3*1,4H;6*1H;;;;;;/q;;;3*+1;;;;;;;;+2;;+2;;+2/p-6/i;;;3*1D;;;;;;;;;;;;. The average molecular weight is 1750 g/mol. The van der Waals surface area contributed by atoms with Crippen molar-refractivity contribution in [2.45, 2.75) is 0 Å². The van der Waals surface area contributed by atoms with E-state index in [2.05, 4.69) is 89.3 Å². The molecule has 36 heteroatoms. The number of aromatic hydroxyl groups is 6. The van der Waals surface area contributed by atoms with Crippen molar-refractivity contribution in [3.63, 3.8) is 0 Å². The molecule has 0 unspecified atom stereocenters. The number of aromatic nitrogens is 6. The van der Waals surface area contributed by atoms with Crippen LogP contribution < -0.4 is 0 Å². The van der Waals surface area contributed by atoms with Crippen molar-refractivity contribution in [3.8, 4) is 69.4 Å². The van der Waals surface area contributed by atoms with E-state index in [0.29, 0.717) is 47.1 Å². The molecule has 0 saturated heterocycles. The third kappa shape index (κ3) is 51.6. The van der Waals surface area contributed by atoms with Crippen molar-refractivity contribution in [3.05, 3.63) is 109 Å². The Kier molecular flexibility index (Phi) is 59.8. The average Bonchev–Trinajstić information content (AvgIpc) is 3.28. The maximum atomic E-state index is 9.14. The molecule has 6 rings (SSSR count). The second-order valence-corrected chi connectivity index (χ2v) is 34.5. The van der Waals surface area contributed by atoms with Crippen molar-refractivity contribution in [1.82, 2.24) is 29.9 Å². The van der Waals surface area contributed by atoms with Crippen LogP contribution in [0.25, 0.3) is 34.2 Å². The second kappa shape index (κ2) is 54.0. The Labute approximate surface area is 513 Å². The summed E-state index contributed by atoms with van der Waals surface area (Å²) in [5, 5.41) is 54.1. The Morgan fingerprint density at radius 3 is 0.697 bits per heavy atom. The molecule has 0 bridgehead atoms. The van der Waals surface area contributed by atoms with E-state index in [1.54, 1.807) is 72.8 Å².